The zero-order valence-electron chi connectivity index (χ0n) is 17.1. The summed E-state index contributed by atoms with van der Waals surface area (Å²) in [7, 11) is 2.07. The van der Waals surface area contributed by atoms with E-state index in [4.69, 9.17) is 4.98 Å². The Morgan fingerprint density at radius 2 is 1.60 bits per heavy atom. The molecule has 1 amide bonds. The van der Waals surface area contributed by atoms with Crippen molar-refractivity contribution in [3.63, 3.8) is 0 Å². The zero-order valence-corrected chi connectivity index (χ0v) is 17.1. The van der Waals surface area contributed by atoms with Gasteiger partial charge < -0.3 is 14.0 Å². The van der Waals surface area contributed by atoms with Crippen LogP contribution >= 0.6 is 0 Å². The molecule has 0 atom stereocenters. The number of amides is 1. The molecule has 6 heteroatoms. The van der Waals surface area contributed by atoms with Crippen molar-refractivity contribution in [2.75, 3.05) is 26.2 Å². The number of carbonyl (C=O) groups is 1. The second-order valence-electron chi connectivity index (χ2n) is 7.78. The second kappa shape index (κ2) is 7.80. The van der Waals surface area contributed by atoms with Gasteiger partial charge in [0.15, 0.2) is 0 Å². The predicted octanol–water partition coefficient (Wildman–Crippen LogP) is 3.32. The molecule has 2 aromatic carbocycles. The zero-order chi connectivity index (χ0) is 20.5. The molecule has 30 heavy (non-hydrogen) atoms. The summed E-state index contributed by atoms with van der Waals surface area (Å²) in [6.45, 7) is 4.00. The summed E-state index contributed by atoms with van der Waals surface area (Å²) in [5, 5.41) is 0. The highest BCUT2D eigenvalue weighted by molar-refractivity contribution is 5.94. The Bertz CT molecular complexity index is 1150. The van der Waals surface area contributed by atoms with Crippen molar-refractivity contribution in [1.29, 1.82) is 0 Å². The van der Waals surface area contributed by atoms with Crippen LogP contribution in [-0.4, -0.2) is 56.0 Å². The molecular formula is C24H25N5O. The lowest BCUT2D eigenvalue weighted by Gasteiger charge is -2.34. The van der Waals surface area contributed by atoms with E-state index in [0.29, 0.717) is 0 Å². The van der Waals surface area contributed by atoms with E-state index in [9.17, 15) is 4.79 Å². The molecular weight excluding hydrogens is 374 g/mol. The van der Waals surface area contributed by atoms with Gasteiger partial charge in [-0.15, -0.1) is 0 Å². The van der Waals surface area contributed by atoms with Crippen LogP contribution in [0.4, 0.5) is 0 Å². The van der Waals surface area contributed by atoms with Gasteiger partial charge in [0.05, 0.1) is 17.6 Å². The molecule has 0 radical (unpaired) electrons. The van der Waals surface area contributed by atoms with Gasteiger partial charge in [-0.2, -0.15) is 0 Å². The summed E-state index contributed by atoms with van der Waals surface area (Å²) in [5.41, 5.74) is 4.00. The number of para-hydroxylation sites is 2. The fourth-order valence-electron chi connectivity index (χ4n) is 4.11. The van der Waals surface area contributed by atoms with Gasteiger partial charge in [0, 0.05) is 56.9 Å². The first-order valence-electron chi connectivity index (χ1n) is 10.3. The van der Waals surface area contributed by atoms with Crippen LogP contribution in [0.15, 0.2) is 73.1 Å². The maximum atomic E-state index is 12.9. The fraction of sp³-hybridized carbons (Fsp3) is 0.250. The first-order chi connectivity index (χ1) is 14.7. The monoisotopic (exact) mass is 399 g/mol. The van der Waals surface area contributed by atoms with Crippen LogP contribution in [0, 0.1) is 0 Å². The van der Waals surface area contributed by atoms with Crippen LogP contribution < -0.4 is 0 Å². The molecule has 2 aromatic heterocycles. The molecule has 1 aliphatic heterocycles. The molecule has 1 saturated heterocycles. The Morgan fingerprint density at radius 1 is 0.900 bits per heavy atom. The van der Waals surface area contributed by atoms with Crippen LogP contribution in [0.2, 0.25) is 0 Å². The highest BCUT2D eigenvalue weighted by atomic mass is 16.2. The summed E-state index contributed by atoms with van der Waals surface area (Å²) in [6, 6.07) is 20.0. The lowest BCUT2D eigenvalue weighted by atomic mass is 10.1. The van der Waals surface area contributed by atoms with E-state index in [1.807, 2.05) is 70.4 Å². The summed E-state index contributed by atoms with van der Waals surface area (Å²) in [6.07, 6.45) is 4.00. The first kappa shape index (κ1) is 18.6. The van der Waals surface area contributed by atoms with Crippen LogP contribution in [-0.2, 0) is 13.6 Å². The molecule has 0 aliphatic carbocycles. The van der Waals surface area contributed by atoms with Crippen molar-refractivity contribution in [2.24, 2.45) is 7.05 Å². The standard InChI is InChI=1S/C24H25N5O/c1-26-22-7-3-2-6-21(22)25-23(26)18-27-14-16-29(17-15-27)24(30)19-8-10-20(11-9-19)28-12-4-5-13-28/h2-13H,14-18H2,1H3. The maximum Gasteiger partial charge on any atom is 0.253 e. The number of carbonyl (C=O) groups excluding carboxylic acids is 1. The van der Waals surface area contributed by atoms with Crippen molar-refractivity contribution in [3.05, 3.63) is 84.4 Å². The van der Waals surface area contributed by atoms with Crippen molar-refractivity contribution < 1.29 is 4.79 Å². The lowest BCUT2D eigenvalue weighted by Crippen LogP contribution is -2.48. The van der Waals surface area contributed by atoms with Crippen molar-refractivity contribution in [1.82, 2.24) is 23.9 Å². The second-order valence-corrected chi connectivity index (χ2v) is 7.78. The highest BCUT2D eigenvalue weighted by Gasteiger charge is 2.23. The van der Waals surface area contributed by atoms with Gasteiger partial charge in [-0.05, 0) is 48.5 Å². The molecule has 3 heterocycles. The summed E-state index contributed by atoms with van der Waals surface area (Å²) >= 11 is 0. The molecule has 0 saturated carbocycles. The van der Waals surface area contributed by atoms with E-state index in [-0.39, 0.29) is 5.91 Å². The third kappa shape index (κ3) is 3.50. The number of hydrogen-bond acceptors (Lipinski definition) is 3. The molecule has 0 unspecified atom stereocenters. The number of nitrogens with zero attached hydrogens (tertiary/aromatic N) is 5. The lowest BCUT2D eigenvalue weighted by molar-refractivity contribution is 0.0624. The van der Waals surface area contributed by atoms with E-state index in [0.717, 1.165) is 60.8 Å². The van der Waals surface area contributed by atoms with Gasteiger partial charge in [-0.1, -0.05) is 12.1 Å². The molecule has 152 valence electrons. The van der Waals surface area contributed by atoms with E-state index in [1.165, 1.54) is 0 Å². The third-order valence-corrected chi connectivity index (χ3v) is 5.92. The Labute approximate surface area is 176 Å². The number of hydrogen-bond donors (Lipinski definition) is 0. The molecule has 0 spiro atoms. The van der Waals surface area contributed by atoms with Gasteiger partial charge >= 0.3 is 0 Å². The number of piperazine rings is 1. The smallest absolute Gasteiger partial charge is 0.253 e. The number of benzene rings is 2. The van der Waals surface area contributed by atoms with Gasteiger partial charge in [0.25, 0.3) is 5.91 Å². The number of imidazole rings is 1. The molecule has 0 bridgehead atoms. The highest BCUT2D eigenvalue weighted by Crippen LogP contribution is 2.17. The van der Waals surface area contributed by atoms with Gasteiger partial charge in [0.1, 0.15) is 5.82 Å². The summed E-state index contributed by atoms with van der Waals surface area (Å²) < 4.78 is 4.20. The summed E-state index contributed by atoms with van der Waals surface area (Å²) in [5.74, 6) is 1.17. The van der Waals surface area contributed by atoms with E-state index >= 15 is 0 Å². The van der Waals surface area contributed by atoms with E-state index in [1.54, 1.807) is 0 Å². The van der Waals surface area contributed by atoms with Crippen LogP contribution in [0.3, 0.4) is 0 Å². The van der Waals surface area contributed by atoms with Crippen molar-refractivity contribution in [3.8, 4) is 5.69 Å². The number of aryl methyl sites for hydroxylation is 1. The Hall–Kier alpha value is -3.38. The van der Waals surface area contributed by atoms with E-state index < -0.39 is 0 Å². The Morgan fingerprint density at radius 3 is 2.30 bits per heavy atom. The Balaban J connectivity index is 1.21. The minimum Gasteiger partial charge on any atom is -0.336 e. The average Bonchev–Trinajstić information content (AvgIpc) is 3.43. The van der Waals surface area contributed by atoms with Gasteiger partial charge in [-0.3, -0.25) is 9.69 Å². The molecule has 5 rings (SSSR count). The van der Waals surface area contributed by atoms with Crippen molar-refractivity contribution in [2.45, 2.75) is 6.54 Å². The third-order valence-electron chi connectivity index (χ3n) is 5.92. The quantitative estimate of drug-likeness (QED) is 0.529. The summed E-state index contributed by atoms with van der Waals surface area (Å²) in [4.78, 5) is 22.0. The van der Waals surface area contributed by atoms with Crippen LogP contribution in [0.5, 0.6) is 0 Å². The van der Waals surface area contributed by atoms with Gasteiger partial charge in [0.2, 0.25) is 0 Å². The molecule has 6 nitrogen and oxygen atoms in total. The average molecular weight is 399 g/mol. The number of aromatic nitrogens is 3. The number of rotatable bonds is 4. The van der Waals surface area contributed by atoms with Crippen LogP contribution in [0.1, 0.15) is 16.2 Å². The largest absolute Gasteiger partial charge is 0.336 e. The predicted molar refractivity (Wildman–Crippen MR) is 118 cm³/mol. The van der Waals surface area contributed by atoms with Gasteiger partial charge in [-0.25, -0.2) is 4.98 Å². The number of fused-ring (bicyclic) bond motifs is 1. The van der Waals surface area contributed by atoms with Crippen molar-refractivity contribution >= 4 is 16.9 Å². The molecule has 4 aromatic rings. The SMILES string of the molecule is Cn1c(CN2CCN(C(=O)c3ccc(-n4cccc4)cc3)CC2)nc2ccccc21. The first-order valence-corrected chi connectivity index (χ1v) is 10.3. The molecule has 1 fully saturated rings. The normalized spacial score (nSPS) is 15.0. The molecule has 0 N–H and O–H groups in total. The minimum atomic E-state index is 0.108. The fourth-order valence-corrected chi connectivity index (χ4v) is 4.11. The van der Waals surface area contributed by atoms with Crippen LogP contribution in [0.25, 0.3) is 16.7 Å². The van der Waals surface area contributed by atoms with E-state index in [2.05, 4.69) is 28.6 Å². The molecule has 1 aliphatic rings. The minimum absolute atomic E-state index is 0.108. The Kier molecular flexibility index (Phi) is 4.85. The maximum absolute atomic E-state index is 12.9. The topological polar surface area (TPSA) is 46.3 Å².